The highest BCUT2D eigenvalue weighted by Crippen LogP contribution is 2.04. The van der Waals surface area contributed by atoms with Gasteiger partial charge in [-0.1, -0.05) is 0 Å². The molecule has 1 aromatic rings. The Balaban J connectivity index is 2.44. The molecule has 0 aliphatic carbocycles. The predicted molar refractivity (Wildman–Crippen MR) is 54.4 cm³/mol. The molecule has 3 nitrogen and oxygen atoms in total. The predicted octanol–water partition coefficient (Wildman–Crippen LogP) is 1.94. The number of aryl methyl sites for hydroxylation is 1. The Bertz CT molecular complexity index is 283. The summed E-state index contributed by atoms with van der Waals surface area (Å²) in [5, 5.41) is 8.65. The number of carboxylic acid groups (broad SMARTS) is 1. The second-order valence-electron chi connectivity index (χ2n) is 2.79. The van der Waals surface area contributed by atoms with Gasteiger partial charge in [-0.15, -0.1) is 0 Å². The molecule has 1 aromatic heterocycles. The molecule has 1 rings (SSSR count). The fourth-order valence-electron chi connectivity index (χ4n) is 1.10. The van der Waals surface area contributed by atoms with Crippen LogP contribution in [0.4, 0.5) is 0 Å². The Hall–Kier alpha value is -0.900. The van der Waals surface area contributed by atoms with Crippen LogP contribution in [0.2, 0.25) is 0 Å². The number of thioether (sulfide) groups is 1. The first kappa shape index (κ1) is 10.2. The van der Waals surface area contributed by atoms with Crippen molar-refractivity contribution >= 4 is 17.7 Å². The summed E-state index contributed by atoms with van der Waals surface area (Å²) >= 11 is 1.80. The van der Waals surface area contributed by atoms with Gasteiger partial charge in [-0.2, -0.15) is 11.8 Å². The Morgan fingerprint density at radius 2 is 2.46 bits per heavy atom. The summed E-state index contributed by atoms with van der Waals surface area (Å²) < 4.78 is 1.92. The largest absolute Gasteiger partial charge is 0.478 e. The summed E-state index contributed by atoms with van der Waals surface area (Å²) in [6.45, 7) is 0.897. The van der Waals surface area contributed by atoms with Gasteiger partial charge in [0.1, 0.15) is 0 Å². The Kier molecular flexibility index (Phi) is 3.89. The van der Waals surface area contributed by atoms with E-state index in [-0.39, 0.29) is 0 Å². The van der Waals surface area contributed by atoms with Crippen molar-refractivity contribution in [3.63, 3.8) is 0 Å². The van der Waals surface area contributed by atoms with E-state index in [9.17, 15) is 4.79 Å². The fraction of sp³-hybridized carbons (Fsp3) is 0.444. The fourth-order valence-corrected chi connectivity index (χ4v) is 1.52. The topological polar surface area (TPSA) is 42.2 Å². The SMILES string of the molecule is CSCCCn1ccc(C(=O)O)c1. The van der Waals surface area contributed by atoms with Crippen molar-refractivity contribution in [3.05, 3.63) is 24.0 Å². The van der Waals surface area contributed by atoms with Gasteiger partial charge in [0.2, 0.25) is 0 Å². The van der Waals surface area contributed by atoms with Crippen molar-refractivity contribution in [2.45, 2.75) is 13.0 Å². The van der Waals surface area contributed by atoms with E-state index in [2.05, 4.69) is 6.26 Å². The zero-order chi connectivity index (χ0) is 9.68. The van der Waals surface area contributed by atoms with Crippen LogP contribution < -0.4 is 0 Å². The molecule has 13 heavy (non-hydrogen) atoms. The molecular formula is C9H13NO2S. The van der Waals surface area contributed by atoms with Crippen LogP contribution in [-0.4, -0.2) is 27.7 Å². The van der Waals surface area contributed by atoms with Crippen molar-refractivity contribution in [3.8, 4) is 0 Å². The van der Waals surface area contributed by atoms with Gasteiger partial charge in [-0.25, -0.2) is 4.79 Å². The number of hydrogen-bond acceptors (Lipinski definition) is 2. The summed E-state index contributed by atoms with van der Waals surface area (Å²) in [4.78, 5) is 10.5. The molecule has 1 N–H and O–H groups in total. The van der Waals surface area contributed by atoms with Crippen LogP contribution in [0.1, 0.15) is 16.8 Å². The maximum Gasteiger partial charge on any atom is 0.337 e. The van der Waals surface area contributed by atoms with Crippen molar-refractivity contribution < 1.29 is 9.90 Å². The van der Waals surface area contributed by atoms with Crippen LogP contribution in [0.3, 0.4) is 0 Å². The minimum atomic E-state index is -0.858. The second-order valence-corrected chi connectivity index (χ2v) is 3.78. The van der Waals surface area contributed by atoms with E-state index < -0.39 is 5.97 Å². The molecular weight excluding hydrogens is 186 g/mol. The van der Waals surface area contributed by atoms with Gasteiger partial charge in [0.15, 0.2) is 0 Å². The second kappa shape index (κ2) is 4.97. The Labute approximate surface area is 81.8 Å². The molecule has 0 aliphatic heterocycles. The minimum Gasteiger partial charge on any atom is -0.478 e. The number of aromatic carboxylic acids is 1. The van der Waals surface area contributed by atoms with Crippen molar-refractivity contribution in [2.24, 2.45) is 0 Å². The molecule has 0 saturated heterocycles. The average Bonchev–Trinajstić information content (AvgIpc) is 2.53. The van der Waals surface area contributed by atoms with E-state index >= 15 is 0 Å². The lowest BCUT2D eigenvalue weighted by molar-refractivity contribution is 0.0697. The number of aromatic nitrogens is 1. The number of carboxylic acids is 1. The molecule has 0 spiro atoms. The van der Waals surface area contributed by atoms with Gasteiger partial charge in [-0.05, 0) is 24.5 Å². The molecule has 0 unspecified atom stereocenters. The lowest BCUT2D eigenvalue weighted by atomic mass is 10.4. The molecule has 0 aliphatic rings. The molecule has 0 atom stereocenters. The van der Waals surface area contributed by atoms with Gasteiger partial charge < -0.3 is 9.67 Å². The third-order valence-electron chi connectivity index (χ3n) is 1.76. The van der Waals surface area contributed by atoms with Gasteiger partial charge >= 0.3 is 5.97 Å². The van der Waals surface area contributed by atoms with E-state index in [4.69, 9.17) is 5.11 Å². The summed E-state index contributed by atoms with van der Waals surface area (Å²) in [5.74, 6) is 0.254. The van der Waals surface area contributed by atoms with Crippen LogP contribution in [-0.2, 0) is 6.54 Å². The molecule has 0 radical (unpaired) electrons. The van der Waals surface area contributed by atoms with Crippen LogP contribution >= 0.6 is 11.8 Å². The molecule has 0 amide bonds. The molecule has 0 saturated carbocycles. The van der Waals surface area contributed by atoms with Crippen molar-refractivity contribution in [1.82, 2.24) is 4.57 Å². The first-order chi connectivity index (χ1) is 6.24. The minimum absolute atomic E-state index is 0.365. The molecule has 0 aromatic carbocycles. The molecule has 1 heterocycles. The van der Waals surface area contributed by atoms with Gasteiger partial charge in [0, 0.05) is 18.9 Å². The van der Waals surface area contributed by atoms with Gasteiger partial charge in [-0.3, -0.25) is 0 Å². The smallest absolute Gasteiger partial charge is 0.337 e. The molecule has 72 valence electrons. The van der Waals surface area contributed by atoms with E-state index in [1.165, 1.54) is 0 Å². The highest BCUT2D eigenvalue weighted by Gasteiger charge is 2.03. The quantitative estimate of drug-likeness (QED) is 0.737. The third-order valence-corrected chi connectivity index (χ3v) is 2.46. The number of hydrogen-bond donors (Lipinski definition) is 1. The van der Waals surface area contributed by atoms with Crippen LogP contribution in [0, 0.1) is 0 Å². The van der Waals surface area contributed by atoms with Gasteiger partial charge in [0.05, 0.1) is 5.56 Å². The monoisotopic (exact) mass is 199 g/mol. The van der Waals surface area contributed by atoms with E-state index in [1.54, 1.807) is 24.0 Å². The normalized spacial score (nSPS) is 10.2. The Morgan fingerprint density at radius 1 is 1.69 bits per heavy atom. The van der Waals surface area contributed by atoms with Crippen molar-refractivity contribution in [1.29, 1.82) is 0 Å². The molecule has 0 bridgehead atoms. The van der Waals surface area contributed by atoms with E-state index in [0.29, 0.717) is 5.56 Å². The standard InChI is InChI=1S/C9H13NO2S/c1-13-6-2-4-10-5-3-8(7-10)9(11)12/h3,5,7H,2,4,6H2,1H3,(H,11,12). The Morgan fingerprint density at radius 3 is 3.00 bits per heavy atom. The lowest BCUT2D eigenvalue weighted by Crippen LogP contribution is -1.97. The van der Waals surface area contributed by atoms with Crippen LogP contribution in [0.5, 0.6) is 0 Å². The summed E-state index contributed by atoms with van der Waals surface area (Å²) in [5.41, 5.74) is 0.365. The van der Waals surface area contributed by atoms with Crippen LogP contribution in [0.25, 0.3) is 0 Å². The number of nitrogens with zero attached hydrogens (tertiary/aromatic N) is 1. The summed E-state index contributed by atoms with van der Waals surface area (Å²) in [6.07, 6.45) is 6.62. The van der Waals surface area contributed by atoms with E-state index in [1.807, 2.05) is 10.8 Å². The highest BCUT2D eigenvalue weighted by molar-refractivity contribution is 7.98. The maximum atomic E-state index is 10.5. The molecule has 4 heteroatoms. The van der Waals surface area contributed by atoms with E-state index in [0.717, 1.165) is 18.7 Å². The first-order valence-corrected chi connectivity index (χ1v) is 5.51. The first-order valence-electron chi connectivity index (χ1n) is 4.12. The van der Waals surface area contributed by atoms with Crippen LogP contribution in [0.15, 0.2) is 18.5 Å². The maximum absolute atomic E-state index is 10.5. The van der Waals surface area contributed by atoms with Gasteiger partial charge in [0.25, 0.3) is 0 Å². The average molecular weight is 199 g/mol. The number of carbonyl (C=O) groups is 1. The lowest BCUT2D eigenvalue weighted by Gasteiger charge is -1.99. The zero-order valence-corrected chi connectivity index (χ0v) is 8.38. The summed E-state index contributed by atoms with van der Waals surface area (Å²) in [6, 6.07) is 1.63. The number of rotatable bonds is 5. The highest BCUT2D eigenvalue weighted by atomic mass is 32.2. The third kappa shape index (κ3) is 3.14. The zero-order valence-electron chi connectivity index (χ0n) is 7.56. The molecule has 0 fully saturated rings. The summed E-state index contributed by atoms with van der Waals surface area (Å²) in [7, 11) is 0. The van der Waals surface area contributed by atoms with Crippen molar-refractivity contribution in [2.75, 3.05) is 12.0 Å².